The van der Waals surface area contributed by atoms with Crippen LogP contribution in [0.5, 0.6) is 17.2 Å². The quantitative estimate of drug-likeness (QED) is 0.200. The van der Waals surface area contributed by atoms with Crippen molar-refractivity contribution in [3.05, 3.63) is 87.4 Å². The highest BCUT2D eigenvalue weighted by Crippen LogP contribution is 2.23. The fourth-order valence-electron chi connectivity index (χ4n) is 2.51. The number of halogens is 2. The van der Waals surface area contributed by atoms with Crippen LogP contribution in [0.1, 0.15) is 15.9 Å². The summed E-state index contributed by atoms with van der Waals surface area (Å²) in [7, 11) is 1.54. The largest absolute Gasteiger partial charge is 0.497 e. The van der Waals surface area contributed by atoms with Gasteiger partial charge in [-0.3, -0.25) is 4.79 Å². The maximum atomic E-state index is 12.5. The molecule has 0 bridgehead atoms. The number of rotatable bonds is 8. The Morgan fingerprint density at radius 2 is 1.84 bits per heavy atom. The van der Waals surface area contributed by atoms with E-state index in [9.17, 15) is 9.59 Å². The lowest BCUT2D eigenvalue weighted by Crippen LogP contribution is -2.24. The Morgan fingerprint density at radius 3 is 2.56 bits per heavy atom. The molecule has 32 heavy (non-hydrogen) atoms. The number of esters is 1. The Bertz CT molecular complexity index is 1140. The molecule has 0 radical (unpaired) electrons. The molecule has 0 saturated carbocycles. The lowest BCUT2D eigenvalue weighted by atomic mass is 10.2. The minimum absolute atomic E-state index is 0.241. The number of nitrogens with zero attached hydrogens (tertiary/aromatic N) is 1. The van der Waals surface area contributed by atoms with Gasteiger partial charge in [0, 0.05) is 15.1 Å². The van der Waals surface area contributed by atoms with Crippen LogP contribution in [0.4, 0.5) is 0 Å². The second-order valence-electron chi connectivity index (χ2n) is 6.34. The number of benzene rings is 3. The maximum Gasteiger partial charge on any atom is 0.343 e. The summed E-state index contributed by atoms with van der Waals surface area (Å²) in [5.41, 5.74) is 3.21. The van der Waals surface area contributed by atoms with Gasteiger partial charge in [-0.2, -0.15) is 5.10 Å². The number of hydrogen-bond donors (Lipinski definition) is 1. The van der Waals surface area contributed by atoms with Gasteiger partial charge >= 0.3 is 5.97 Å². The number of ether oxygens (including phenoxy) is 3. The first-order valence-electron chi connectivity index (χ1n) is 9.30. The molecular weight excluding hydrogens is 500 g/mol. The van der Waals surface area contributed by atoms with Crippen LogP contribution in [0.3, 0.4) is 0 Å². The SMILES string of the molecule is COc1ccc(C(=O)Oc2ccc(Br)cc2/C=N/NC(=O)COc2cccc(Cl)c2)cc1. The Morgan fingerprint density at radius 1 is 1.06 bits per heavy atom. The van der Waals surface area contributed by atoms with Gasteiger partial charge in [-0.05, 0) is 60.7 Å². The van der Waals surface area contributed by atoms with Gasteiger partial charge in [0.2, 0.25) is 0 Å². The molecule has 3 aromatic rings. The van der Waals surface area contributed by atoms with Gasteiger partial charge in [0.15, 0.2) is 6.61 Å². The number of hydrogen-bond acceptors (Lipinski definition) is 6. The zero-order valence-electron chi connectivity index (χ0n) is 16.9. The Balaban J connectivity index is 1.61. The molecule has 0 aliphatic heterocycles. The van der Waals surface area contributed by atoms with E-state index in [2.05, 4.69) is 26.5 Å². The predicted octanol–water partition coefficient (Wildman–Crippen LogP) is 4.86. The van der Waals surface area contributed by atoms with E-state index in [0.29, 0.717) is 27.6 Å². The summed E-state index contributed by atoms with van der Waals surface area (Å²) in [5.74, 6) is 0.378. The van der Waals surface area contributed by atoms with Crippen LogP contribution in [0, 0.1) is 0 Å². The monoisotopic (exact) mass is 516 g/mol. The summed E-state index contributed by atoms with van der Waals surface area (Å²) in [6, 6.07) is 18.3. The van der Waals surface area contributed by atoms with Gasteiger partial charge in [0.05, 0.1) is 18.9 Å². The zero-order chi connectivity index (χ0) is 22.9. The average Bonchev–Trinajstić information content (AvgIpc) is 2.79. The first kappa shape index (κ1) is 23.3. The average molecular weight is 518 g/mol. The molecule has 0 aliphatic rings. The van der Waals surface area contributed by atoms with E-state index in [1.54, 1.807) is 73.8 Å². The summed E-state index contributed by atoms with van der Waals surface area (Å²) in [6.45, 7) is -0.241. The van der Waals surface area contributed by atoms with Crippen molar-refractivity contribution in [1.29, 1.82) is 0 Å². The van der Waals surface area contributed by atoms with Crippen LogP contribution in [0.2, 0.25) is 5.02 Å². The summed E-state index contributed by atoms with van der Waals surface area (Å²) >= 11 is 9.25. The lowest BCUT2D eigenvalue weighted by Gasteiger charge is -2.09. The highest BCUT2D eigenvalue weighted by Gasteiger charge is 2.12. The van der Waals surface area contributed by atoms with E-state index in [1.165, 1.54) is 6.21 Å². The molecule has 3 aromatic carbocycles. The summed E-state index contributed by atoms with van der Waals surface area (Å²) in [4.78, 5) is 24.4. The molecule has 7 nitrogen and oxygen atoms in total. The second-order valence-corrected chi connectivity index (χ2v) is 7.69. The smallest absolute Gasteiger partial charge is 0.343 e. The molecular formula is C23H18BrClN2O5. The Kier molecular flexibility index (Phi) is 8.24. The van der Waals surface area contributed by atoms with Gasteiger partial charge in [0.1, 0.15) is 17.2 Å². The minimum atomic E-state index is -0.538. The van der Waals surface area contributed by atoms with Crippen molar-refractivity contribution in [2.24, 2.45) is 5.10 Å². The van der Waals surface area contributed by atoms with E-state index in [4.69, 9.17) is 25.8 Å². The van der Waals surface area contributed by atoms with Crippen molar-refractivity contribution in [3.8, 4) is 17.2 Å². The molecule has 0 aromatic heterocycles. The third-order valence-corrected chi connectivity index (χ3v) is 4.79. The van der Waals surface area contributed by atoms with E-state index in [1.807, 2.05) is 0 Å². The van der Waals surface area contributed by atoms with Crippen LogP contribution < -0.4 is 19.6 Å². The molecule has 9 heteroatoms. The summed E-state index contributed by atoms with van der Waals surface area (Å²) in [6.07, 6.45) is 1.37. The number of hydrazone groups is 1. The molecule has 164 valence electrons. The third kappa shape index (κ3) is 6.83. The number of amides is 1. The van der Waals surface area contributed by atoms with E-state index < -0.39 is 11.9 Å². The molecule has 0 spiro atoms. The van der Waals surface area contributed by atoms with Crippen LogP contribution in [0.15, 0.2) is 76.3 Å². The number of nitrogens with one attached hydrogen (secondary N) is 1. The summed E-state index contributed by atoms with van der Waals surface area (Å²) < 4.78 is 16.7. The highest BCUT2D eigenvalue weighted by atomic mass is 79.9. The number of carbonyl (C=O) groups excluding carboxylic acids is 2. The van der Waals surface area contributed by atoms with Crippen LogP contribution in [-0.2, 0) is 4.79 Å². The molecule has 1 N–H and O–H groups in total. The minimum Gasteiger partial charge on any atom is -0.497 e. The van der Waals surface area contributed by atoms with Crippen molar-refractivity contribution in [2.45, 2.75) is 0 Å². The van der Waals surface area contributed by atoms with E-state index in [0.717, 1.165) is 4.47 Å². The molecule has 0 unspecified atom stereocenters. The lowest BCUT2D eigenvalue weighted by molar-refractivity contribution is -0.123. The molecule has 0 saturated heterocycles. The number of carbonyl (C=O) groups is 2. The van der Waals surface area contributed by atoms with Crippen molar-refractivity contribution < 1.29 is 23.8 Å². The normalized spacial score (nSPS) is 10.6. The van der Waals surface area contributed by atoms with Crippen LogP contribution in [0.25, 0.3) is 0 Å². The second kappa shape index (κ2) is 11.3. The van der Waals surface area contributed by atoms with Crippen molar-refractivity contribution in [1.82, 2.24) is 5.43 Å². The van der Waals surface area contributed by atoms with E-state index >= 15 is 0 Å². The molecule has 0 atom stereocenters. The zero-order valence-corrected chi connectivity index (χ0v) is 19.2. The van der Waals surface area contributed by atoms with Crippen molar-refractivity contribution in [2.75, 3.05) is 13.7 Å². The molecule has 0 heterocycles. The van der Waals surface area contributed by atoms with Crippen LogP contribution >= 0.6 is 27.5 Å². The fourth-order valence-corrected chi connectivity index (χ4v) is 3.07. The standard InChI is InChI=1S/C23H18BrClN2O5/c1-30-19-8-5-15(6-9-19)23(29)32-21-10-7-17(24)11-16(21)13-26-27-22(28)14-31-20-4-2-3-18(25)12-20/h2-13H,14H2,1H3,(H,27,28)/b26-13+. The van der Waals surface area contributed by atoms with Crippen LogP contribution in [-0.4, -0.2) is 31.8 Å². The van der Waals surface area contributed by atoms with Crippen molar-refractivity contribution >= 4 is 45.6 Å². The third-order valence-electron chi connectivity index (χ3n) is 4.06. The maximum absolute atomic E-state index is 12.5. The first-order valence-corrected chi connectivity index (χ1v) is 10.5. The summed E-state index contributed by atoms with van der Waals surface area (Å²) in [5, 5.41) is 4.42. The van der Waals surface area contributed by atoms with Gasteiger partial charge in [0.25, 0.3) is 5.91 Å². The molecule has 1 amide bonds. The number of methoxy groups -OCH3 is 1. The molecule has 0 aliphatic carbocycles. The van der Waals surface area contributed by atoms with Gasteiger partial charge in [-0.25, -0.2) is 10.2 Å². The van der Waals surface area contributed by atoms with Gasteiger partial charge < -0.3 is 14.2 Å². The molecule has 3 rings (SSSR count). The molecule has 0 fully saturated rings. The predicted molar refractivity (Wildman–Crippen MR) is 125 cm³/mol. The Labute approximate surface area is 198 Å². The topological polar surface area (TPSA) is 86.2 Å². The Hall–Kier alpha value is -3.36. The fraction of sp³-hybridized carbons (Fsp3) is 0.0870. The van der Waals surface area contributed by atoms with Gasteiger partial charge in [-0.15, -0.1) is 0 Å². The van der Waals surface area contributed by atoms with Crippen molar-refractivity contribution in [3.63, 3.8) is 0 Å². The van der Waals surface area contributed by atoms with E-state index in [-0.39, 0.29) is 12.4 Å². The highest BCUT2D eigenvalue weighted by molar-refractivity contribution is 9.10. The van der Waals surface area contributed by atoms with Gasteiger partial charge in [-0.1, -0.05) is 33.6 Å². The first-order chi connectivity index (χ1) is 15.4.